The zero-order chi connectivity index (χ0) is 8.88. The van der Waals surface area contributed by atoms with Crippen LogP contribution in [0.3, 0.4) is 0 Å². The highest BCUT2D eigenvalue weighted by Gasteiger charge is 2.53. The summed E-state index contributed by atoms with van der Waals surface area (Å²) in [6, 6.07) is -0.488. The van der Waals surface area contributed by atoms with Gasteiger partial charge in [0.25, 0.3) is 0 Å². The van der Waals surface area contributed by atoms with Crippen molar-refractivity contribution in [1.29, 1.82) is 0 Å². The second-order valence-corrected chi connectivity index (χ2v) is 3.02. The Morgan fingerprint density at radius 2 is 2.33 bits per heavy atom. The molecule has 4 unspecified atom stereocenters. The predicted molar refractivity (Wildman–Crippen MR) is 38.4 cm³/mol. The second-order valence-electron chi connectivity index (χ2n) is 3.02. The molecular formula is C7H9NO4. The average Bonchev–Trinajstić information content (AvgIpc) is 2.75. The van der Waals surface area contributed by atoms with Crippen LogP contribution < -0.4 is 5.73 Å². The molecule has 0 aromatic heterocycles. The molecular weight excluding hydrogens is 162 g/mol. The largest absolute Gasteiger partial charge is 0.478 e. The highest BCUT2D eigenvalue weighted by Crippen LogP contribution is 2.36. The van der Waals surface area contributed by atoms with Crippen molar-refractivity contribution in [1.82, 2.24) is 0 Å². The first-order chi connectivity index (χ1) is 5.61. The molecule has 1 saturated heterocycles. The number of rotatable bonds is 1. The lowest BCUT2D eigenvalue weighted by atomic mass is 9.94. The van der Waals surface area contributed by atoms with Crippen LogP contribution in [0.5, 0.6) is 0 Å². The Kier molecular flexibility index (Phi) is 1.47. The van der Waals surface area contributed by atoms with E-state index in [4.69, 9.17) is 15.6 Å². The molecule has 0 spiro atoms. The van der Waals surface area contributed by atoms with Gasteiger partial charge in [0.1, 0.15) is 12.2 Å². The quantitative estimate of drug-likeness (QED) is 0.416. The fourth-order valence-corrected chi connectivity index (χ4v) is 1.44. The van der Waals surface area contributed by atoms with Crippen molar-refractivity contribution in [2.75, 3.05) is 0 Å². The summed E-state index contributed by atoms with van der Waals surface area (Å²) in [7, 11) is 0. The summed E-state index contributed by atoms with van der Waals surface area (Å²) in [5.41, 5.74) is 5.63. The van der Waals surface area contributed by atoms with E-state index >= 15 is 0 Å². The number of carboxylic acid groups (broad SMARTS) is 1. The summed E-state index contributed by atoms with van der Waals surface area (Å²) in [6.07, 6.45) is -0.363. The third kappa shape index (κ3) is 0.945. The van der Waals surface area contributed by atoms with E-state index in [1.165, 1.54) is 6.08 Å². The number of aliphatic hydroxyl groups excluding tert-OH is 1. The van der Waals surface area contributed by atoms with Crippen LogP contribution in [0.4, 0.5) is 0 Å². The number of hydrogen-bond donors (Lipinski definition) is 3. The van der Waals surface area contributed by atoms with Crippen molar-refractivity contribution in [2.45, 2.75) is 24.4 Å². The van der Waals surface area contributed by atoms with Crippen LogP contribution >= 0.6 is 0 Å². The molecule has 0 aromatic rings. The molecule has 2 rings (SSSR count). The van der Waals surface area contributed by atoms with Gasteiger partial charge in [-0.15, -0.1) is 0 Å². The van der Waals surface area contributed by atoms with Gasteiger partial charge in [-0.3, -0.25) is 0 Å². The molecule has 12 heavy (non-hydrogen) atoms. The fraction of sp³-hybridized carbons (Fsp3) is 0.571. The Balaban J connectivity index is 2.26. The maximum atomic E-state index is 10.5. The summed E-state index contributed by atoms with van der Waals surface area (Å²) in [4.78, 5) is 10.5. The van der Waals surface area contributed by atoms with Gasteiger partial charge >= 0.3 is 5.97 Å². The van der Waals surface area contributed by atoms with Crippen LogP contribution in [0.25, 0.3) is 0 Å². The Labute approximate surface area is 68.4 Å². The van der Waals surface area contributed by atoms with Crippen molar-refractivity contribution in [2.24, 2.45) is 5.73 Å². The molecule has 1 aliphatic heterocycles. The number of aliphatic carboxylic acids is 1. The third-order valence-corrected chi connectivity index (χ3v) is 2.20. The summed E-state index contributed by atoms with van der Waals surface area (Å²) in [6.45, 7) is 0. The van der Waals surface area contributed by atoms with Crippen LogP contribution in [0.2, 0.25) is 0 Å². The lowest BCUT2D eigenvalue weighted by molar-refractivity contribution is -0.133. The molecule has 5 nitrogen and oxygen atoms in total. The number of nitrogens with two attached hydrogens (primary N) is 1. The van der Waals surface area contributed by atoms with Gasteiger partial charge in [-0.05, 0) is 6.08 Å². The van der Waals surface area contributed by atoms with Gasteiger partial charge in [-0.1, -0.05) is 0 Å². The Hall–Kier alpha value is -0.910. The molecule has 0 aromatic carbocycles. The van der Waals surface area contributed by atoms with Crippen LogP contribution in [-0.2, 0) is 9.53 Å². The van der Waals surface area contributed by atoms with Crippen molar-refractivity contribution in [3.05, 3.63) is 11.6 Å². The van der Waals surface area contributed by atoms with E-state index < -0.39 is 24.2 Å². The van der Waals surface area contributed by atoms with Crippen molar-refractivity contribution in [3.63, 3.8) is 0 Å². The second kappa shape index (κ2) is 2.29. The van der Waals surface area contributed by atoms with Gasteiger partial charge in [-0.25, -0.2) is 4.79 Å². The van der Waals surface area contributed by atoms with Gasteiger partial charge in [0, 0.05) is 0 Å². The van der Waals surface area contributed by atoms with Gasteiger partial charge in [0.2, 0.25) is 0 Å². The molecule has 1 fully saturated rings. The summed E-state index contributed by atoms with van der Waals surface area (Å²) in [5, 5.41) is 17.9. The number of hydrogen-bond acceptors (Lipinski definition) is 4. The van der Waals surface area contributed by atoms with Gasteiger partial charge in [0.05, 0.1) is 17.7 Å². The lowest BCUT2D eigenvalue weighted by Crippen LogP contribution is -2.42. The minimum absolute atomic E-state index is 0.120. The monoisotopic (exact) mass is 171 g/mol. The van der Waals surface area contributed by atoms with E-state index in [9.17, 15) is 9.90 Å². The minimum atomic E-state index is -1.05. The first kappa shape index (κ1) is 7.72. The van der Waals surface area contributed by atoms with Crippen LogP contribution in [0.1, 0.15) is 0 Å². The van der Waals surface area contributed by atoms with Gasteiger partial charge < -0.3 is 20.7 Å². The Morgan fingerprint density at radius 1 is 1.67 bits per heavy atom. The maximum Gasteiger partial charge on any atom is 0.334 e. The lowest BCUT2D eigenvalue weighted by Gasteiger charge is -2.17. The van der Waals surface area contributed by atoms with E-state index in [0.717, 1.165) is 0 Å². The van der Waals surface area contributed by atoms with Gasteiger partial charge in [0.15, 0.2) is 0 Å². The van der Waals surface area contributed by atoms with Crippen LogP contribution in [0, 0.1) is 0 Å². The predicted octanol–water partition coefficient (Wildman–Crippen LogP) is -1.53. The molecule has 4 N–H and O–H groups in total. The van der Waals surface area contributed by atoms with E-state index in [1.807, 2.05) is 0 Å². The standard InChI is InChI=1S/C7H9NO4/c8-4-3(9)1-2(7(10)11)5-6(4)12-5/h1,3-6,9H,8H2,(H,10,11). The number of epoxide rings is 1. The van der Waals surface area contributed by atoms with Crippen LogP contribution in [0.15, 0.2) is 11.6 Å². The van der Waals surface area contributed by atoms with Gasteiger partial charge in [-0.2, -0.15) is 0 Å². The van der Waals surface area contributed by atoms with E-state index in [2.05, 4.69) is 0 Å². The van der Waals surface area contributed by atoms with Crippen molar-refractivity contribution in [3.8, 4) is 0 Å². The van der Waals surface area contributed by atoms with Crippen molar-refractivity contribution >= 4 is 5.97 Å². The number of ether oxygens (including phenoxy) is 1. The summed E-state index contributed by atoms with van der Waals surface area (Å²) >= 11 is 0. The highest BCUT2D eigenvalue weighted by molar-refractivity contribution is 5.89. The molecule has 1 aliphatic carbocycles. The number of carboxylic acids is 1. The third-order valence-electron chi connectivity index (χ3n) is 2.20. The fourth-order valence-electron chi connectivity index (χ4n) is 1.44. The summed E-state index contributed by atoms with van der Waals surface area (Å²) in [5.74, 6) is -1.05. The average molecular weight is 171 g/mol. The van der Waals surface area contributed by atoms with E-state index in [-0.39, 0.29) is 11.7 Å². The molecule has 0 bridgehead atoms. The first-order valence-corrected chi connectivity index (χ1v) is 3.65. The normalized spacial score (nSPS) is 44.7. The summed E-state index contributed by atoms with van der Waals surface area (Å²) < 4.78 is 5.00. The number of carbonyl (C=O) groups is 1. The molecule has 0 radical (unpaired) electrons. The topological polar surface area (TPSA) is 96.1 Å². The van der Waals surface area contributed by atoms with Crippen molar-refractivity contribution < 1.29 is 19.7 Å². The molecule has 0 amide bonds. The zero-order valence-corrected chi connectivity index (χ0v) is 6.18. The zero-order valence-electron chi connectivity index (χ0n) is 6.18. The molecule has 66 valence electrons. The maximum absolute atomic E-state index is 10.5. The molecule has 0 saturated carbocycles. The SMILES string of the molecule is NC1C(O)C=C(C(=O)O)C2OC21. The number of fused-ring (bicyclic) bond motifs is 1. The Bertz CT molecular complexity index is 262. The highest BCUT2D eigenvalue weighted by atomic mass is 16.6. The smallest absolute Gasteiger partial charge is 0.334 e. The van der Waals surface area contributed by atoms with E-state index in [1.54, 1.807) is 0 Å². The minimum Gasteiger partial charge on any atom is -0.478 e. The van der Waals surface area contributed by atoms with E-state index in [0.29, 0.717) is 0 Å². The first-order valence-electron chi connectivity index (χ1n) is 3.65. The molecule has 4 atom stereocenters. The molecule has 5 heteroatoms. The molecule has 2 aliphatic rings. The molecule has 1 heterocycles. The Morgan fingerprint density at radius 3 is 2.92 bits per heavy atom. The van der Waals surface area contributed by atoms with Crippen LogP contribution in [-0.4, -0.2) is 40.5 Å². The number of aliphatic hydroxyl groups is 1.